The third kappa shape index (κ3) is 2.21. The fourth-order valence-corrected chi connectivity index (χ4v) is 3.47. The van der Waals surface area contributed by atoms with E-state index < -0.39 is 0 Å². The molecule has 2 aromatic heterocycles. The molecule has 0 bridgehead atoms. The predicted octanol–water partition coefficient (Wildman–Crippen LogP) is 3.68. The fraction of sp³-hybridized carbons (Fsp3) is 0.0625. The number of thiophene rings is 1. The number of nitrogens with one attached hydrogen (secondary N) is 3. The number of hydrogen-bond acceptors (Lipinski definition) is 3. The molecule has 0 aliphatic heterocycles. The van der Waals surface area contributed by atoms with Crippen LogP contribution in [0.5, 0.6) is 0 Å². The van der Waals surface area contributed by atoms with E-state index in [2.05, 4.69) is 44.9 Å². The van der Waals surface area contributed by atoms with Crippen molar-refractivity contribution in [1.29, 1.82) is 0 Å². The zero-order valence-corrected chi connectivity index (χ0v) is 12.0. The van der Waals surface area contributed by atoms with Crippen molar-refractivity contribution < 1.29 is 0 Å². The Morgan fingerprint density at radius 3 is 2.86 bits per heavy atom. The highest BCUT2D eigenvalue weighted by atomic mass is 32.1. The average Bonchev–Trinajstić information content (AvgIpc) is 3.07. The second-order valence-electron chi connectivity index (χ2n) is 4.95. The van der Waals surface area contributed by atoms with Crippen molar-refractivity contribution in [3.8, 4) is 0 Å². The summed E-state index contributed by atoms with van der Waals surface area (Å²) in [6.07, 6.45) is 0. The summed E-state index contributed by atoms with van der Waals surface area (Å²) in [5.41, 5.74) is 3.75. The molecule has 2 aromatic carbocycles. The molecule has 4 nitrogen and oxygen atoms in total. The molecule has 4 aromatic rings. The molecule has 0 saturated carbocycles. The Kier molecular flexibility index (Phi) is 2.79. The summed E-state index contributed by atoms with van der Waals surface area (Å²) in [4.78, 5) is 16.8. The maximum absolute atomic E-state index is 11.3. The summed E-state index contributed by atoms with van der Waals surface area (Å²) in [5, 5.41) is 6.90. The van der Waals surface area contributed by atoms with Gasteiger partial charge in [-0.05, 0) is 40.6 Å². The van der Waals surface area contributed by atoms with E-state index in [1.807, 2.05) is 18.2 Å². The van der Waals surface area contributed by atoms with E-state index in [9.17, 15) is 4.79 Å². The predicted molar refractivity (Wildman–Crippen MR) is 88.1 cm³/mol. The van der Waals surface area contributed by atoms with Gasteiger partial charge in [0.15, 0.2) is 0 Å². The Hall–Kier alpha value is -2.53. The van der Waals surface area contributed by atoms with Crippen LogP contribution >= 0.6 is 11.3 Å². The summed E-state index contributed by atoms with van der Waals surface area (Å²) < 4.78 is 1.31. The van der Waals surface area contributed by atoms with E-state index in [0.29, 0.717) is 0 Å². The van der Waals surface area contributed by atoms with Crippen molar-refractivity contribution in [2.75, 3.05) is 5.32 Å². The minimum Gasteiger partial charge on any atom is -0.381 e. The van der Waals surface area contributed by atoms with Crippen LogP contribution in [-0.4, -0.2) is 9.97 Å². The van der Waals surface area contributed by atoms with Gasteiger partial charge in [-0.15, -0.1) is 11.3 Å². The van der Waals surface area contributed by atoms with Gasteiger partial charge in [0, 0.05) is 16.9 Å². The Morgan fingerprint density at radius 1 is 1.05 bits per heavy atom. The van der Waals surface area contributed by atoms with Crippen LogP contribution < -0.4 is 11.0 Å². The number of H-pyrrole nitrogens is 2. The van der Waals surface area contributed by atoms with Gasteiger partial charge >= 0.3 is 5.69 Å². The summed E-state index contributed by atoms with van der Waals surface area (Å²) in [5.74, 6) is 0. The van der Waals surface area contributed by atoms with Gasteiger partial charge < -0.3 is 15.3 Å². The van der Waals surface area contributed by atoms with Gasteiger partial charge in [-0.25, -0.2) is 4.79 Å². The van der Waals surface area contributed by atoms with Crippen LogP contribution in [0.2, 0.25) is 0 Å². The summed E-state index contributed by atoms with van der Waals surface area (Å²) >= 11 is 1.76. The smallest absolute Gasteiger partial charge is 0.323 e. The van der Waals surface area contributed by atoms with Crippen molar-refractivity contribution in [1.82, 2.24) is 9.97 Å². The number of aromatic nitrogens is 2. The molecule has 0 unspecified atom stereocenters. The molecule has 0 fully saturated rings. The topological polar surface area (TPSA) is 60.7 Å². The zero-order chi connectivity index (χ0) is 14.2. The van der Waals surface area contributed by atoms with E-state index in [1.165, 1.54) is 15.6 Å². The van der Waals surface area contributed by atoms with Gasteiger partial charge in [0.05, 0.1) is 11.0 Å². The second-order valence-corrected chi connectivity index (χ2v) is 5.86. The fourth-order valence-electron chi connectivity index (χ4n) is 2.51. The van der Waals surface area contributed by atoms with Crippen LogP contribution in [0, 0.1) is 0 Å². The molecule has 0 aliphatic rings. The van der Waals surface area contributed by atoms with E-state index in [4.69, 9.17) is 0 Å². The minimum atomic E-state index is -0.175. The number of imidazole rings is 1. The van der Waals surface area contributed by atoms with Crippen molar-refractivity contribution in [2.24, 2.45) is 0 Å². The first-order valence-electron chi connectivity index (χ1n) is 6.71. The van der Waals surface area contributed by atoms with Gasteiger partial charge in [-0.1, -0.05) is 18.2 Å². The van der Waals surface area contributed by atoms with Crippen molar-refractivity contribution in [3.05, 3.63) is 63.9 Å². The summed E-state index contributed by atoms with van der Waals surface area (Å²) in [6, 6.07) is 14.2. The SMILES string of the molecule is O=c1[nH]c2ccc(NCc3csc4ccccc34)cc2[nH]1. The molecule has 0 spiro atoms. The van der Waals surface area contributed by atoms with Crippen molar-refractivity contribution in [3.63, 3.8) is 0 Å². The highest BCUT2D eigenvalue weighted by Gasteiger charge is 2.04. The monoisotopic (exact) mass is 295 g/mol. The van der Waals surface area contributed by atoms with E-state index in [0.717, 1.165) is 23.3 Å². The molecule has 104 valence electrons. The van der Waals surface area contributed by atoms with Crippen LogP contribution in [0.25, 0.3) is 21.1 Å². The second kappa shape index (κ2) is 4.79. The zero-order valence-electron chi connectivity index (χ0n) is 11.1. The number of anilines is 1. The Balaban J connectivity index is 1.61. The van der Waals surface area contributed by atoms with Gasteiger partial charge in [-0.2, -0.15) is 0 Å². The van der Waals surface area contributed by atoms with Gasteiger partial charge in [-0.3, -0.25) is 0 Å². The van der Waals surface area contributed by atoms with Gasteiger partial charge in [0.25, 0.3) is 0 Å². The van der Waals surface area contributed by atoms with Gasteiger partial charge in [0.2, 0.25) is 0 Å². The van der Waals surface area contributed by atoms with E-state index >= 15 is 0 Å². The van der Waals surface area contributed by atoms with E-state index in [-0.39, 0.29) is 5.69 Å². The molecular formula is C16H13N3OS. The number of fused-ring (bicyclic) bond motifs is 2. The maximum atomic E-state index is 11.3. The van der Waals surface area contributed by atoms with Crippen LogP contribution in [0.3, 0.4) is 0 Å². The Bertz CT molecular complexity index is 980. The van der Waals surface area contributed by atoms with Crippen molar-refractivity contribution in [2.45, 2.75) is 6.54 Å². The lowest BCUT2D eigenvalue weighted by atomic mass is 10.2. The first-order chi connectivity index (χ1) is 10.3. The van der Waals surface area contributed by atoms with Crippen LogP contribution in [-0.2, 0) is 6.54 Å². The Morgan fingerprint density at radius 2 is 1.90 bits per heavy atom. The lowest BCUT2D eigenvalue weighted by molar-refractivity contribution is 1.18. The number of hydrogen-bond donors (Lipinski definition) is 3. The molecule has 2 heterocycles. The number of aromatic amines is 2. The average molecular weight is 295 g/mol. The molecule has 0 aliphatic carbocycles. The summed E-state index contributed by atoms with van der Waals surface area (Å²) in [7, 11) is 0. The van der Waals surface area contributed by atoms with Crippen LogP contribution in [0.1, 0.15) is 5.56 Å². The first kappa shape index (κ1) is 12.2. The normalized spacial score (nSPS) is 11.2. The van der Waals surface area contributed by atoms with Crippen LogP contribution in [0.4, 0.5) is 5.69 Å². The van der Waals surface area contributed by atoms with Crippen LogP contribution in [0.15, 0.2) is 52.6 Å². The summed E-state index contributed by atoms with van der Waals surface area (Å²) in [6.45, 7) is 0.768. The molecule has 0 atom stereocenters. The first-order valence-corrected chi connectivity index (χ1v) is 7.58. The number of benzene rings is 2. The highest BCUT2D eigenvalue weighted by Crippen LogP contribution is 2.26. The number of rotatable bonds is 3. The Labute approximate surface area is 124 Å². The van der Waals surface area contributed by atoms with E-state index in [1.54, 1.807) is 11.3 Å². The third-order valence-electron chi connectivity index (χ3n) is 3.56. The molecule has 0 radical (unpaired) electrons. The molecule has 0 amide bonds. The molecule has 21 heavy (non-hydrogen) atoms. The lowest BCUT2D eigenvalue weighted by Gasteiger charge is -2.05. The molecule has 3 N–H and O–H groups in total. The molecular weight excluding hydrogens is 282 g/mol. The molecule has 5 heteroatoms. The molecule has 0 saturated heterocycles. The third-order valence-corrected chi connectivity index (χ3v) is 4.57. The lowest BCUT2D eigenvalue weighted by Crippen LogP contribution is -1.99. The highest BCUT2D eigenvalue weighted by molar-refractivity contribution is 7.17. The molecule has 4 rings (SSSR count). The standard InChI is InChI=1S/C16H13N3OS/c20-16-18-13-6-5-11(7-14(13)19-16)17-8-10-9-21-15-4-2-1-3-12(10)15/h1-7,9,17H,8H2,(H2,18,19,20). The van der Waals surface area contributed by atoms with Crippen molar-refractivity contribution >= 4 is 38.1 Å². The maximum Gasteiger partial charge on any atom is 0.323 e. The van der Waals surface area contributed by atoms with Gasteiger partial charge in [0.1, 0.15) is 0 Å². The quantitative estimate of drug-likeness (QED) is 0.540. The minimum absolute atomic E-state index is 0.175. The largest absolute Gasteiger partial charge is 0.381 e.